The molecule has 2 aliphatic carbocycles. The highest BCUT2D eigenvalue weighted by molar-refractivity contribution is 5.82. The van der Waals surface area contributed by atoms with E-state index < -0.39 is 78.5 Å². The summed E-state index contributed by atoms with van der Waals surface area (Å²) in [6.07, 6.45) is 0.462. The van der Waals surface area contributed by atoms with Crippen molar-refractivity contribution in [3.05, 3.63) is 18.2 Å². The standard InChI is InChI=1S/C38H61N3O11/c1-20(2)5-4-6-21(3)24(15-22-13-14-40-17-22)18-41-19-38(49)34(45)31(44)33(36(47)48)52-37(38)50-26-11-12-27-28(16-26)51-32(35(39)46)29(30(27)43)23-7-9-25(42)10-8-23/h13-14,17,20-21,23-34,37,41-45,49H,4-12,15-16,18-19H2,1-3H3,(H2-,39,46,47,48)/p+1/t21-,23?,24-,25?,26?,27?,28?,29?,30?,31+,32?,33-,34-,37+,38-/m0/s1. The summed E-state index contributed by atoms with van der Waals surface area (Å²) in [6.45, 7) is 8.57. The fourth-order valence-corrected chi connectivity index (χ4v) is 9.21. The molecule has 5 aliphatic rings. The van der Waals surface area contributed by atoms with Crippen molar-refractivity contribution in [2.75, 3.05) is 13.1 Å². The fourth-order valence-electron chi connectivity index (χ4n) is 9.21. The molecule has 294 valence electrons. The molecule has 5 rings (SSSR count). The van der Waals surface area contributed by atoms with Crippen LogP contribution in [0.5, 0.6) is 0 Å². The summed E-state index contributed by atoms with van der Waals surface area (Å²) in [6, 6.07) is 0. The zero-order valence-electron chi connectivity index (χ0n) is 30.8. The molecule has 3 aliphatic heterocycles. The van der Waals surface area contributed by atoms with Crippen LogP contribution < -0.4 is 11.1 Å². The molecular formula is C38H62N3O11+. The number of aliphatic hydroxyl groups is 5. The molecule has 2 saturated carbocycles. The van der Waals surface area contributed by atoms with E-state index in [-0.39, 0.29) is 30.7 Å². The number of hydrogen-bond acceptors (Lipinski definition) is 12. The summed E-state index contributed by atoms with van der Waals surface area (Å²) >= 11 is 0. The van der Waals surface area contributed by atoms with E-state index in [1.54, 1.807) is 6.54 Å². The Labute approximate surface area is 307 Å². The second-order valence-electron chi connectivity index (χ2n) is 16.6. The number of nitrogens with two attached hydrogens (primary N) is 1. The van der Waals surface area contributed by atoms with Gasteiger partial charge >= 0.3 is 5.97 Å². The number of carboxylic acid groups (broad SMARTS) is 1. The van der Waals surface area contributed by atoms with Gasteiger partial charge in [-0.3, -0.25) is 4.79 Å². The Morgan fingerprint density at radius 1 is 1.04 bits per heavy atom. The number of aliphatic carboxylic acids is 1. The van der Waals surface area contributed by atoms with Crippen LogP contribution in [0.2, 0.25) is 0 Å². The van der Waals surface area contributed by atoms with Crippen molar-refractivity contribution in [2.45, 2.75) is 152 Å². The monoisotopic (exact) mass is 736 g/mol. The first-order valence-electron chi connectivity index (χ1n) is 19.4. The van der Waals surface area contributed by atoms with Crippen LogP contribution in [0.1, 0.15) is 91.4 Å². The number of aliphatic hydroxyl groups excluding tert-OH is 4. The first-order chi connectivity index (χ1) is 24.7. The first kappa shape index (κ1) is 41.0. The highest BCUT2D eigenvalue weighted by Crippen LogP contribution is 2.46. The summed E-state index contributed by atoms with van der Waals surface area (Å²) in [5, 5.41) is 68.8. The summed E-state index contributed by atoms with van der Waals surface area (Å²) in [4.78, 5) is 28.9. The first-order valence-corrected chi connectivity index (χ1v) is 19.4. The summed E-state index contributed by atoms with van der Waals surface area (Å²) < 4.78 is 18.3. The number of nitrogens with one attached hydrogen (secondary N) is 1. The molecule has 3 heterocycles. The molecular weight excluding hydrogens is 674 g/mol. The van der Waals surface area contributed by atoms with Crippen LogP contribution in [0.15, 0.2) is 16.6 Å². The van der Waals surface area contributed by atoms with Crippen LogP contribution in [0, 0.1) is 42.1 Å². The van der Waals surface area contributed by atoms with E-state index in [1.165, 1.54) is 0 Å². The third-order valence-electron chi connectivity index (χ3n) is 12.4. The SMILES string of the molecule is CC(C)CCC[C@H](C)[C@H](CNC[C@@]1(O)[C@H](OC2CCC3C(C2)OC(C(N)=O)C(C2CCC(O)CC2)C3O)O[C@H](C(=O)O)[C@@H](O)[C@@H]1O)CC1=C[CH+]N=C1. The maximum Gasteiger partial charge on any atom is 0.335 e. The lowest BCUT2D eigenvalue weighted by atomic mass is 9.66. The van der Waals surface area contributed by atoms with Gasteiger partial charge in [-0.1, -0.05) is 40.0 Å². The number of rotatable bonds is 16. The van der Waals surface area contributed by atoms with Gasteiger partial charge < -0.3 is 55.9 Å². The van der Waals surface area contributed by atoms with Crippen molar-refractivity contribution >= 4 is 18.1 Å². The van der Waals surface area contributed by atoms with E-state index in [2.05, 4.69) is 31.1 Å². The minimum atomic E-state index is -2.23. The lowest BCUT2D eigenvalue weighted by Gasteiger charge is -2.52. The number of fused-ring (bicyclic) bond motifs is 1. The zero-order chi connectivity index (χ0) is 37.7. The van der Waals surface area contributed by atoms with Gasteiger partial charge in [-0.2, -0.15) is 0 Å². The molecule has 14 nitrogen and oxygen atoms in total. The Kier molecular flexibility index (Phi) is 14.2. The topological polar surface area (TPSA) is 234 Å². The van der Waals surface area contributed by atoms with Crippen molar-refractivity contribution in [1.29, 1.82) is 0 Å². The minimum absolute atomic E-state index is 0.0196. The second-order valence-corrected chi connectivity index (χ2v) is 16.6. The molecule has 0 aromatic heterocycles. The van der Waals surface area contributed by atoms with Crippen LogP contribution in [-0.4, -0.2) is 123 Å². The molecule has 0 radical (unpaired) electrons. The Hall–Kier alpha value is -2.14. The van der Waals surface area contributed by atoms with E-state index in [0.717, 1.165) is 31.3 Å². The van der Waals surface area contributed by atoms with Crippen molar-refractivity contribution in [1.82, 2.24) is 5.32 Å². The predicted octanol–water partition coefficient (Wildman–Crippen LogP) is 1.45. The molecule has 14 heteroatoms. The van der Waals surface area contributed by atoms with Gasteiger partial charge in [0.25, 0.3) is 0 Å². The molecule has 0 aromatic carbocycles. The van der Waals surface area contributed by atoms with Crippen LogP contribution in [0.3, 0.4) is 0 Å². The lowest BCUT2D eigenvalue weighted by Crippen LogP contribution is -2.71. The Bertz CT molecular complexity index is 1260. The molecule has 6 unspecified atom stereocenters. The molecule has 2 saturated heterocycles. The molecule has 4 fully saturated rings. The van der Waals surface area contributed by atoms with Gasteiger partial charge in [0.1, 0.15) is 30.4 Å². The number of carbonyl (C=O) groups is 2. The quantitative estimate of drug-likeness (QED) is 0.105. The molecule has 9 N–H and O–H groups in total. The smallest absolute Gasteiger partial charge is 0.335 e. The van der Waals surface area contributed by atoms with Gasteiger partial charge in [-0.05, 0) is 68.7 Å². The largest absolute Gasteiger partial charge is 0.479 e. The van der Waals surface area contributed by atoms with Gasteiger partial charge in [0.15, 0.2) is 24.2 Å². The number of aliphatic imine (C=N–C) groups is 1. The van der Waals surface area contributed by atoms with Crippen LogP contribution in [-0.2, 0) is 23.8 Å². The number of allylic oxidation sites excluding steroid dienone is 1. The molecule has 0 spiro atoms. The van der Waals surface area contributed by atoms with E-state index in [0.29, 0.717) is 56.9 Å². The zero-order valence-corrected chi connectivity index (χ0v) is 30.8. The van der Waals surface area contributed by atoms with Gasteiger partial charge in [0, 0.05) is 31.2 Å². The summed E-state index contributed by atoms with van der Waals surface area (Å²) in [7, 11) is 0. The third kappa shape index (κ3) is 9.56. The van der Waals surface area contributed by atoms with E-state index in [9.17, 15) is 40.2 Å². The number of primary amides is 1. The van der Waals surface area contributed by atoms with Crippen molar-refractivity contribution in [3.8, 4) is 0 Å². The number of ether oxygens (including phenoxy) is 3. The Morgan fingerprint density at radius 3 is 2.40 bits per heavy atom. The van der Waals surface area contributed by atoms with Gasteiger partial charge in [0.05, 0.1) is 30.5 Å². The summed E-state index contributed by atoms with van der Waals surface area (Å²) in [5.74, 6) is -1.92. The predicted molar refractivity (Wildman–Crippen MR) is 190 cm³/mol. The minimum Gasteiger partial charge on any atom is -0.479 e. The number of nitrogens with zero attached hydrogens (tertiary/aromatic N) is 1. The van der Waals surface area contributed by atoms with Crippen LogP contribution >= 0.6 is 0 Å². The Balaban J connectivity index is 1.27. The normalized spacial score (nSPS) is 40.4. The third-order valence-corrected chi connectivity index (χ3v) is 12.4. The molecule has 0 bridgehead atoms. The molecule has 13 atom stereocenters. The van der Waals surface area contributed by atoms with Crippen LogP contribution in [0.4, 0.5) is 0 Å². The highest BCUT2D eigenvalue weighted by atomic mass is 16.7. The Morgan fingerprint density at radius 2 is 1.77 bits per heavy atom. The number of carboxylic acids is 1. The van der Waals surface area contributed by atoms with Gasteiger partial charge in [-0.25, -0.2) is 4.79 Å². The highest BCUT2D eigenvalue weighted by Gasteiger charge is 2.59. The summed E-state index contributed by atoms with van der Waals surface area (Å²) in [5.41, 5.74) is 4.67. The molecule has 52 heavy (non-hydrogen) atoms. The van der Waals surface area contributed by atoms with Crippen molar-refractivity contribution < 1.29 is 54.4 Å². The maximum atomic E-state index is 12.6. The second kappa shape index (κ2) is 18.0. The fraction of sp³-hybridized carbons (Fsp3) is 0.842. The maximum absolute atomic E-state index is 12.6. The van der Waals surface area contributed by atoms with E-state index in [4.69, 9.17) is 19.9 Å². The average Bonchev–Trinajstić information content (AvgIpc) is 3.61. The lowest BCUT2D eigenvalue weighted by molar-refractivity contribution is -0.346. The van der Waals surface area contributed by atoms with Gasteiger partial charge in [0.2, 0.25) is 5.91 Å². The number of amides is 1. The molecule has 1 amide bonds. The number of hydrogen-bond donors (Lipinski definition) is 8. The van der Waals surface area contributed by atoms with E-state index in [1.807, 2.05) is 12.3 Å². The number of carbonyl (C=O) groups excluding carboxylic acids is 1. The van der Waals surface area contributed by atoms with Gasteiger partial charge in [-0.15, -0.1) is 4.99 Å². The van der Waals surface area contributed by atoms with Crippen LogP contribution in [0.25, 0.3) is 0 Å². The average molecular weight is 737 g/mol. The van der Waals surface area contributed by atoms with Crippen molar-refractivity contribution in [2.24, 2.45) is 46.2 Å². The van der Waals surface area contributed by atoms with Crippen molar-refractivity contribution in [3.63, 3.8) is 0 Å². The molecule has 0 aromatic rings. The van der Waals surface area contributed by atoms with E-state index >= 15 is 0 Å².